The Balaban J connectivity index is 2.81. The summed E-state index contributed by atoms with van der Waals surface area (Å²) in [6.45, 7) is 3.26. The molecule has 72 valence electrons. The smallest absolute Gasteiger partial charge is 0.0604 e. The Morgan fingerprint density at radius 3 is 2.85 bits per heavy atom. The van der Waals surface area contributed by atoms with Crippen LogP contribution in [0.1, 0.15) is 11.1 Å². The highest BCUT2D eigenvalue weighted by atomic mass is 16.3. The molecule has 0 aliphatic rings. The fourth-order valence-corrected chi connectivity index (χ4v) is 1.22. The van der Waals surface area contributed by atoms with E-state index in [0.29, 0.717) is 13.1 Å². The van der Waals surface area contributed by atoms with Crippen molar-refractivity contribution < 1.29 is 5.11 Å². The van der Waals surface area contributed by atoms with Crippen molar-refractivity contribution in [3.05, 3.63) is 29.3 Å². The highest BCUT2D eigenvalue weighted by molar-refractivity contribution is 5.53. The van der Waals surface area contributed by atoms with Crippen LogP contribution in [0.5, 0.6) is 0 Å². The maximum Gasteiger partial charge on any atom is 0.0604 e. The summed E-state index contributed by atoms with van der Waals surface area (Å²) in [5, 5.41) is 11.8. The molecular formula is C10H16N2O. The normalized spacial score (nSPS) is 10.1. The van der Waals surface area contributed by atoms with Crippen LogP contribution < -0.4 is 11.1 Å². The van der Waals surface area contributed by atoms with E-state index in [1.165, 1.54) is 5.56 Å². The Hall–Kier alpha value is -1.06. The molecule has 0 radical (unpaired) electrons. The van der Waals surface area contributed by atoms with Gasteiger partial charge in [0.1, 0.15) is 0 Å². The summed E-state index contributed by atoms with van der Waals surface area (Å²) >= 11 is 0. The lowest BCUT2D eigenvalue weighted by molar-refractivity contribution is 0.311. The number of rotatable bonds is 4. The molecule has 1 aromatic rings. The molecule has 3 nitrogen and oxygen atoms in total. The largest absolute Gasteiger partial charge is 0.395 e. The molecule has 0 aliphatic heterocycles. The van der Waals surface area contributed by atoms with Gasteiger partial charge in [-0.3, -0.25) is 0 Å². The van der Waals surface area contributed by atoms with E-state index in [1.807, 2.05) is 25.1 Å². The molecule has 0 unspecified atom stereocenters. The minimum absolute atomic E-state index is 0.137. The van der Waals surface area contributed by atoms with Crippen molar-refractivity contribution in [1.82, 2.24) is 0 Å². The second-order valence-corrected chi connectivity index (χ2v) is 3.02. The molecule has 0 atom stereocenters. The lowest BCUT2D eigenvalue weighted by atomic mass is 10.1. The summed E-state index contributed by atoms with van der Waals surface area (Å²) < 4.78 is 0. The van der Waals surface area contributed by atoms with Gasteiger partial charge in [0, 0.05) is 18.8 Å². The number of benzene rings is 1. The van der Waals surface area contributed by atoms with Crippen LogP contribution in [0.4, 0.5) is 5.69 Å². The predicted octanol–water partition coefficient (Wildman–Crippen LogP) is 0.858. The summed E-state index contributed by atoms with van der Waals surface area (Å²) in [6, 6.07) is 6.08. The van der Waals surface area contributed by atoms with Crippen LogP contribution in [0.25, 0.3) is 0 Å². The standard InChI is InChI=1S/C10H16N2O/c1-8-2-3-9(7-11)10(6-8)12-4-5-13/h2-3,6,12-13H,4-5,7,11H2,1H3. The molecule has 0 spiro atoms. The van der Waals surface area contributed by atoms with Crippen LogP contribution in [0.3, 0.4) is 0 Å². The summed E-state index contributed by atoms with van der Waals surface area (Å²) in [5.74, 6) is 0. The summed E-state index contributed by atoms with van der Waals surface area (Å²) in [5.41, 5.74) is 8.87. The van der Waals surface area contributed by atoms with Crippen molar-refractivity contribution in [3.63, 3.8) is 0 Å². The number of nitrogens with one attached hydrogen (secondary N) is 1. The number of hydrogen-bond acceptors (Lipinski definition) is 3. The Labute approximate surface area is 78.6 Å². The van der Waals surface area contributed by atoms with Gasteiger partial charge in [-0.15, -0.1) is 0 Å². The number of aryl methyl sites for hydroxylation is 1. The second-order valence-electron chi connectivity index (χ2n) is 3.02. The Morgan fingerprint density at radius 2 is 2.23 bits per heavy atom. The van der Waals surface area contributed by atoms with E-state index in [1.54, 1.807) is 0 Å². The van der Waals surface area contributed by atoms with Crippen LogP contribution in [0, 0.1) is 6.92 Å². The first-order valence-corrected chi connectivity index (χ1v) is 4.42. The van der Waals surface area contributed by atoms with Gasteiger partial charge in [-0.1, -0.05) is 12.1 Å². The lowest BCUT2D eigenvalue weighted by Crippen LogP contribution is -2.09. The van der Waals surface area contributed by atoms with Crippen molar-refractivity contribution in [2.45, 2.75) is 13.5 Å². The molecule has 13 heavy (non-hydrogen) atoms. The SMILES string of the molecule is Cc1ccc(CN)c(NCCO)c1. The number of nitrogens with two attached hydrogens (primary N) is 1. The molecule has 0 fully saturated rings. The van der Waals surface area contributed by atoms with Gasteiger partial charge >= 0.3 is 0 Å². The van der Waals surface area contributed by atoms with E-state index in [0.717, 1.165) is 11.3 Å². The molecule has 0 bridgehead atoms. The molecule has 3 heteroatoms. The molecule has 0 aromatic heterocycles. The van der Waals surface area contributed by atoms with Gasteiger partial charge in [-0.05, 0) is 24.1 Å². The summed E-state index contributed by atoms with van der Waals surface area (Å²) in [7, 11) is 0. The third-order valence-electron chi connectivity index (χ3n) is 1.91. The molecule has 0 saturated heterocycles. The molecule has 1 aromatic carbocycles. The third kappa shape index (κ3) is 2.72. The zero-order chi connectivity index (χ0) is 9.68. The van der Waals surface area contributed by atoms with Crippen LogP contribution in [-0.4, -0.2) is 18.3 Å². The first-order valence-electron chi connectivity index (χ1n) is 4.42. The number of hydrogen-bond donors (Lipinski definition) is 3. The average molecular weight is 180 g/mol. The van der Waals surface area contributed by atoms with Crippen LogP contribution in [0.15, 0.2) is 18.2 Å². The number of anilines is 1. The summed E-state index contributed by atoms with van der Waals surface area (Å²) in [4.78, 5) is 0. The minimum atomic E-state index is 0.137. The Kier molecular flexibility index (Phi) is 3.73. The number of aliphatic hydroxyl groups excluding tert-OH is 1. The van der Waals surface area contributed by atoms with Crippen molar-refractivity contribution in [2.24, 2.45) is 5.73 Å². The second kappa shape index (κ2) is 4.84. The quantitative estimate of drug-likeness (QED) is 0.644. The predicted molar refractivity (Wildman–Crippen MR) is 54.6 cm³/mol. The van der Waals surface area contributed by atoms with Gasteiger partial charge in [-0.25, -0.2) is 0 Å². The molecule has 0 amide bonds. The molecule has 0 heterocycles. The van der Waals surface area contributed by atoms with Gasteiger partial charge in [-0.2, -0.15) is 0 Å². The van der Waals surface area contributed by atoms with Gasteiger partial charge < -0.3 is 16.2 Å². The van der Waals surface area contributed by atoms with Gasteiger partial charge in [0.05, 0.1) is 6.61 Å². The average Bonchev–Trinajstić information content (AvgIpc) is 2.15. The van der Waals surface area contributed by atoms with E-state index >= 15 is 0 Å². The van der Waals surface area contributed by atoms with E-state index in [-0.39, 0.29) is 6.61 Å². The zero-order valence-electron chi connectivity index (χ0n) is 7.88. The fraction of sp³-hybridized carbons (Fsp3) is 0.400. The van der Waals surface area contributed by atoms with Crippen LogP contribution in [0.2, 0.25) is 0 Å². The maximum absolute atomic E-state index is 8.67. The van der Waals surface area contributed by atoms with Crippen molar-refractivity contribution in [2.75, 3.05) is 18.5 Å². The van der Waals surface area contributed by atoms with Crippen molar-refractivity contribution in [1.29, 1.82) is 0 Å². The van der Waals surface area contributed by atoms with E-state index < -0.39 is 0 Å². The van der Waals surface area contributed by atoms with Crippen molar-refractivity contribution in [3.8, 4) is 0 Å². The molecule has 0 aliphatic carbocycles. The Morgan fingerprint density at radius 1 is 1.46 bits per heavy atom. The first kappa shape index (κ1) is 10.0. The zero-order valence-corrected chi connectivity index (χ0v) is 7.88. The lowest BCUT2D eigenvalue weighted by Gasteiger charge is -2.10. The highest BCUT2D eigenvalue weighted by Crippen LogP contribution is 2.16. The van der Waals surface area contributed by atoms with Gasteiger partial charge in [0.2, 0.25) is 0 Å². The maximum atomic E-state index is 8.67. The topological polar surface area (TPSA) is 58.3 Å². The monoisotopic (exact) mass is 180 g/mol. The van der Waals surface area contributed by atoms with Gasteiger partial charge in [0.15, 0.2) is 0 Å². The van der Waals surface area contributed by atoms with E-state index in [4.69, 9.17) is 10.8 Å². The van der Waals surface area contributed by atoms with Crippen molar-refractivity contribution >= 4 is 5.69 Å². The molecule has 1 rings (SSSR count). The highest BCUT2D eigenvalue weighted by Gasteiger charge is 1.99. The Bertz CT molecular complexity index is 274. The van der Waals surface area contributed by atoms with Crippen LogP contribution in [-0.2, 0) is 6.54 Å². The van der Waals surface area contributed by atoms with E-state index in [2.05, 4.69) is 5.32 Å². The van der Waals surface area contributed by atoms with Gasteiger partial charge in [0.25, 0.3) is 0 Å². The van der Waals surface area contributed by atoms with Crippen LogP contribution >= 0.6 is 0 Å². The third-order valence-corrected chi connectivity index (χ3v) is 1.91. The first-order chi connectivity index (χ1) is 6.27. The summed E-state index contributed by atoms with van der Waals surface area (Å²) in [6.07, 6.45) is 0. The molecule has 4 N–H and O–H groups in total. The number of aliphatic hydroxyl groups is 1. The minimum Gasteiger partial charge on any atom is -0.395 e. The van der Waals surface area contributed by atoms with E-state index in [9.17, 15) is 0 Å². The molecular weight excluding hydrogens is 164 g/mol. The fourth-order valence-electron chi connectivity index (χ4n) is 1.22. The molecule has 0 saturated carbocycles.